The number of benzene rings is 1. The van der Waals surface area contributed by atoms with Crippen LogP contribution in [0, 0.1) is 27.7 Å². The standard InChI is InChI=1S/C20H26N6O.HI/c1-13-16(4)27-19(24-13)12-23-20(21-5)22-11-18-14(2)25-26(15(18)3)17-9-7-6-8-10-17;/h6-10H,11-12H2,1-5H3,(H2,21,22,23);1H. The Kier molecular flexibility index (Phi) is 7.61. The van der Waals surface area contributed by atoms with Crippen molar-refractivity contribution in [3.05, 3.63) is 64.6 Å². The van der Waals surface area contributed by atoms with Gasteiger partial charge in [0.25, 0.3) is 0 Å². The maximum atomic E-state index is 5.59. The number of nitrogens with one attached hydrogen (secondary N) is 2. The van der Waals surface area contributed by atoms with Crippen molar-refractivity contribution in [1.29, 1.82) is 0 Å². The van der Waals surface area contributed by atoms with Crippen LogP contribution in [0.25, 0.3) is 5.69 Å². The van der Waals surface area contributed by atoms with Crippen LogP contribution >= 0.6 is 24.0 Å². The number of halogens is 1. The summed E-state index contributed by atoms with van der Waals surface area (Å²) in [5.41, 5.74) is 5.24. The molecule has 0 aliphatic carbocycles. The van der Waals surface area contributed by atoms with Gasteiger partial charge in [0.05, 0.1) is 23.6 Å². The molecule has 7 nitrogen and oxygen atoms in total. The first kappa shape index (κ1) is 21.9. The molecule has 0 fully saturated rings. The number of para-hydroxylation sites is 1. The molecule has 28 heavy (non-hydrogen) atoms. The highest BCUT2D eigenvalue weighted by Gasteiger charge is 2.13. The number of aliphatic imine (C=N–C) groups is 1. The summed E-state index contributed by atoms with van der Waals surface area (Å²) >= 11 is 0. The largest absolute Gasteiger partial charge is 0.444 e. The van der Waals surface area contributed by atoms with Crippen LogP contribution in [0.2, 0.25) is 0 Å². The molecule has 0 atom stereocenters. The SMILES string of the molecule is CN=C(NCc1nc(C)c(C)o1)NCc1c(C)nn(-c2ccccc2)c1C.I. The van der Waals surface area contributed by atoms with E-state index in [2.05, 4.69) is 44.8 Å². The number of hydrogen-bond donors (Lipinski definition) is 2. The summed E-state index contributed by atoms with van der Waals surface area (Å²) in [6, 6.07) is 10.1. The molecule has 2 aromatic heterocycles. The number of oxazole rings is 1. The minimum Gasteiger partial charge on any atom is -0.444 e. The molecule has 0 amide bonds. The third-order valence-electron chi connectivity index (χ3n) is 4.58. The van der Waals surface area contributed by atoms with Crippen LogP contribution < -0.4 is 10.6 Å². The monoisotopic (exact) mass is 494 g/mol. The second-order valence-electron chi connectivity index (χ2n) is 6.43. The molecule has 3 rings (SSSR count). The molecule has 150 valence electrons. The van der Waals surface area contributed by atoms with E-state index in [0.29, 0.717) is 24.9 Å². The van der Waals surface area contributed by atoms with Gasteiger partial charge in [-0.05, 0) is 39.8 Å². The zero-order chi connectivity index (χ0) is 19.4. The van der Waals surface area contributed by atoms with Gasteiger partial charge >= 0.3 is 0 Å². The molecule has 0 bridgehead atoms. The smallest absolute Gasteiger partial charge is 0.214 e. The second kappa shape index (κ2) is 9.72. The summed E-state index contributed by atoms with van der Waals surface area (Å²) in [6.07, 6.45) is 0. The quantitative estimate of drug-likeness (QED) is 0.322. The predicted molar refractivity (Wildman–Crippen MR) is 121 cm³/mol. The van der Waals surface area contributed by atoms with E-state index in [-0.39, 0.29) is 24.0 Å². The average Bonchev–Trinajstić information content (AvgIpc) is 3.14. The number of aryl methyl sites for hydroxylation is 3. The van der Waals surface area contributed by atoms with Gasteiger partial charge in [-0.25, -0.2) is 9.67 Å². The Morgan fingerprint density at radius 3 is 2.32 bits per heavy atom. The van der Waals surface area contributed by atoms with Gasteiger partial charge in [0, 0.05) is 24.8 Å². The summed E-state index contributed by atoms with van der Waals surface area (Å²) in [4.78, 5) is 8.64. The van der Waals surface area contributed by atoms with Crippen LogP contribution in [0.1, 0.15) is 34.3 Å². The fourth-order valence-corrected chi connectivity index (χ4v) is 2.92. The Hall–Kier alpha value is -2.36. The Bertz CT molecular complexity index is 926. The zero-order valence-electron chi connectivity index (χ0n) is 16.9. The van der Waals surface area contributed by atoms with Gasteiger partial charge in [-0.1, -0.05) is 18.2 Å². The van der Waals surface area contributed by atoms with Crippen molar-refractivity contribution < 1.29 is 4.42 Å². The molecular weight excluding hydrogens is 467 g/mol. The van der Waals surface area contributed by atoms with E-state index in [9.17, 15) is 0 Å². The van der Waals surface area contributed by atoms with Crippen molar-refractivity contribution in [2.24, 2.45) is 4.99 Å². The molecule has 0 aliphatic rings. The van der Waals surface area contributed by atoms with Gasteiger partial charge < -0.3 is 15.1 Å². The average molecular weight is 494 g/mol. The molecule has 0 spiro atoms. The van der Waals surface area contributed by atoms with Gasteiger partial charge in [-0.2, -0.15) is 5.10 Å². The summed E-state index contributed by atoms with van der Waals surface area (Å²) < 4.78 is 7.57. The fraction of sp³-hybridized carbons (Fsp3) is 0.350. The van der Waals surface area contributed by atoms with Crippen molar-refractivity contribution in [2.75, 3.05) is 7.05 Å². The molecule has 3 aromatic rings. The van der Waals surface area contributed by atoms with E-state index >= 15 is 0 Å². The number of guanidine groups is 1. The van der Waals surface area contributed by atoms with Crippen molar-refractivity contribution in [3.63, 3.8) is 0 Å². The highest BCUT2D eigenvalue weighted by molar-refractivity contribution is 14.0. The van der Waals surface area contributed by atoms with E-state index in [4.69, 9.17) is 4.42 Å². The molecule has 0 radical (unpaired) electrons. The van der Waals surface area contributed by atoms with Crippen LogP contribution in [-0.4, -0.2) is 27.8 Å². The van der Waals surface area contributed by atoms with Gasteiger partial charge in [-0.15, -0.1) is 24.0 Å². The summed E-state index contributed by atoms with van der Waals surface area (Å²) in [6.45, 7) is 9.07. The topological polar surface area (TPSA) is 80.3 Å². The minimum atomic E-state index is 0. The van der Waals surface area contributed by atoms with E-state index in [0.717, 1.165) is 34.1 Å². The maximum Gasteiger partial charge on any atom is 0.214 e. The summed E-state index contributed by atoms with van der Waals surface area (Å²) in [5.74, 6) is 2.18. The van der Waals surface area contributed by atoms with E-state index in [1.165, 1.54) is 0 Å². The third-order valence-corrected chi connectivity index (χ3v) is 4.58. The second-order valence-corrected chi connectivity index (χ2v) is 6.43. The molecule has 0 saturated carbocycles. The highest BCUT2D eigenvalue weighted by atomic mass is 127. The van der Waals surface area contributed by atoms with Crippen LogP contribution in [0.3, 0.4) is 0 Å². The van der Waals surface area contributed by atoms with Crippen molar-refractivity contribution in [1.82, 2.24) is 25.4 Å². The normalized spacial score (nSPS) is 11.2. The highest BCUT2D eigenvalue weighted by Crippen LogP contribution is 2.17. The lowest BCUT2D eigenvalue weighted by Crippen LogP contribution is -2.36. The maximum absolute atomic E-state index is 5.59. The molecule has 0 saturated heterocycles. The molecule has 8 heteroatoms. The van der Waals surface area contributed by atoms with Gasteiger partial charge in [0.1, 0.15) is 5.76 Å². The summed E-state index contributed by atoms with van der Waals surface area (Å²) in [7, 11) is 1.74. The van der Waals surface area contributed by atoms with Crippen LogP contribution in [-0.2, 0) is 13.1 Å². The van der Waals surface area contributed by atoms with E-state index < -0.39 is 0 Å². The third kappa shape index (κ3) is 4.92. The molecule has 2 heterocycles. The molecule has 0 unspecified atom stereocenters. The number of nitrogens with zero attached hydrogens (tertiary/aromatic N) is 4. The van der Waals surface area contributed by atoms with Crippen molar-refractivity contribution >= 4 is 29.9 Å². The first-order chi connectivity index (χ1) is 13.0. The molecule has 2 N–H and O–H groups in total. The van der Waals surface area contributed by atoms with Crippen LogP contribution in [0.4, 0.5) is 0 Å². The fourth-order valence-electron chi connectivity index (χ4n) is 2.92. The number of aromatic nitrogens is 3. The Balaban J connectivity index is 0.00000280. The van der Waals surface area contributed by atoms with E-state index in [1.807, 2.05) is 43.7 Å². The first-order valence-electron chi connectivity index (χ1n) is 8.97. The number of rotatable bonds is 5. The van der Waals surface area contributed by atoms with Gasteiger partial charge in [0.15, 0.2) is 5.96 Å². The lowest BCUT2D eigenvalue weighted by Gasteiger charge is -2.11. The zero-order valence-corrected chi connectivity index (χ0v) is 19.2. The van der Waals surface area contributed by atoms with Crippen molar-refractivity contribution in [3.8, 4) is 5.69 Å². The van der Waals surface area contributed by atoms with Crippen LogP contribution in [0.15, 0.2) is 39.7 Å². The number of hydrogen-bond acceptors (Lipinski definition) is 4. The molecule has 1 aromatic carbocycles. The summed E-state index contributed by atoms with van der Waals surface area (Å²) in [5, 5.41) is 11.3. The lowest BCUT2D eigenvalue weighted by molar-refractivity contribution is 0.463. The minimum absolute atomic E-state index is 0. The Morgan fingerprint density at radius 2 is 1.71 bits per heavy atom. The van der Waals surface area contributed by atoms with Gasteiger partial charge in [-0.3, -0.25) is 4.99 Å². The predicted octanol–water partition coefficient (Wildman–Crippen LogP) is 3.58. The Morgan fingerprint density at radius 1 is 1.04 bits per heavy atom. The van der Waals surface area contributed by atoms with Crippen LogP contribution in [0.5, 0.6) is 0 Å². The lowest BCUT2D eigenvalue weighted by atomic mass is 10.2. The van der Waals surface area contributed by atoms with E-state index in [1.54, 1.807) is 7.05 Å². The van der Waals surface area contributed by atoms with Crippen molar-refractivity contribution in [2.45, 2.75) is 40.8 Å². The van der Waals surface area contributed by atoms with Gasteiger partial charge in [0.2, 0.25) is 5.89 Å². The Labute approximate surface area is 182 Å². The molecular formula is C20H27IN6O. The molecule has 0 aliphatic heterocycles. The first-order valence-corrected chi connectivity index (χ1v) is 8.97.